The van der Waals surface area contributed by atoms with Crippen molar-refractivity contribution < 1.29 is 16.8 Å². The number of hydrogen-bond acceptors (Lipinski definition) is 5. The first-order valence-electron chi connectivity index (χ1n) is 9.74. The van der Waals surface area contributed by atoms with Crippen LogP contribution in [0.1, 0.15) is 20.3 Å². The van der Waals surface area contributed by atoms with E-state index in [9.17, 15) is 0 Å². The van der Waals surface area contributed by atoms with E-state index in [1.165, 1.54) is 23.8 Å². The second kappa shape index (κ2) is 13.4. The third-order valence-electron chi connectivity index (χ3n) is 4.50. The van der Waals surface area contributed by atoms with E-state index in [2.05, 4.69) is 55.5 Å². The smallest absolute Gasteiger partial charge is 0.401 e. The molecule has 2 atom stereocenters. The Labute approximate surface area is 176 Å². The zero-order chi connectivity index (χ0) is 18.8. The molecule has 156 valence electrons. The maximum atomic E-state index is 6.26. The van der Waals surface area contributed by atoms with Gasteiger partial charge < -0.3 is 21.7 Å². The average molecular weight is 464 g/mol. The van der Waals surface area contributed by atoms with E-state index in [0.29, 0.717) is 12.5 Å². The molecule has 0 N–H and O–H groups in total. The van der Waals surface area contributed by atoms with Crippen molar-refractivity contribution in [3.05, 3.63) is 24.3 Å². The highest BCUT2D eigenvalue weighted by molar-refractivity contribution is 7.46. The molecule has 0 aromatic heterocycles. The molecule has 27 heavy (non-hydrogen) atoms. The average Bonchev–Trinajstić information content (AvgIpc) is 2.67. The van der Waals surface area contributed by atoms with Crippen LogP contribution in [-0.2, 0) is 16.8 Å². The molecular formula is C17H38NO4PSi4. The molecule has 0 saturated carbocycles. The summed E-state index contributed by atoms with van der Waals surface area (Å²) >= 11 is 0. The summed E-state index contributed by atoms with van der Waals surface area (Å²) in [4.78, 5) is 2.49. The fraction of sp³-hybridized carbons (Fsp3) is 0.647. The number of piperidine rings is 1. The summed E-state index contributed by atoms with van der Waals surface area (Å²) in [7, 11) is -3.82. The van der Waals surface area contributed by atoms with Crippen LogP contribution >= 0.6 is 8.58 Å². The van der Waals surface area contributed by atoms with Crippen molar-refractivity contribution in [3.8, 4) is 0 Å². The molecule has 1 fully saturated rings. The lowest BCUT2D eigenvalue weighted by atomic mass is 9.98. The lowest BCUT2D eigenvalue weighted by Crippen LogP contribution is -2.52. The van der Waals surface area contributed by atoms with Gasteiger partial charge in [-0.15, -0.1) is 0 Å². The van der Waals surface area contributed by atoms with Crippen LogP contribution in [0.3, 0.4) is 0 Å². The predicted molar refractivity (Wildman–Crippen MR) is 130 cm³/mol. The van der Waals surface area contributed by atoms with Crippen molar-refractivity contribution in [2.24, 2.45) is 5.92 Å². The molecule has 2 rings (SSSR count). The second-order valence-electron chi connectivity index (χ2n) is 6.36. The lowest BCUT2D eigenvalue weighted by molar-refractivity contribution is 0.0761. The fourth-order valence-corrected chi connectivity index (χ4v) is 12.7. The van der Waals surface area contributed by atoms with Gasteiger partial charge in [-0.3, -0.25) is 0 Å². The molecule has 0 bridgehead atoms. The minimum Gasteiger partial charge on any atom is -0.401 e. The van der Waals surface area contributed by atoms with E-state index in [0.717, 1.165) is 21.7 Å². The molecular weight excluding hydrogens is 426 g/mol. The van der Waals surface area contributed by atoms with E-state index in [4.69, 9.17) is 16.8 Å². The van der Waals surface area contributed by atoms with Gasteiger partial charge in [0, 0.05) is 25.4 Å². The van der Waals surface area contributed by atoms with E-state index < -0.39 is 38.3 Å². The van der Waals surface area contributed by atoms with Gasteiger partial charge in [0.05, 0.1) is 0 Å². The first-order valence-corrected chi connectivity index (χ1v) is 18.9. The van der Waals surface area contributed by atoms with Gasteiger partial charge in [-0.25, -0.2) is 0 Å². The van der Waals surface area contributed by atoms with E-state index in [1.54, 1.807) is 0 Å². The van der Waals surface area contributed by atoms with Crippen molar-refractivity contribution in [3.63, 3.8) is 0 Å². The van der Waals surface area contributed by atoms with Gasteiger partial charge in [0.25, 0.3) is 0 Å². The summed E-state index contributed by atoms with van der Waals surface area (Å²) in [6.07, 6.45) is 2.40. The van der Waals surface area contributed by atoms with Crippen molar-refractivity contribution in [1.82, 2.24) is 0 Å². The molecule has 5 nitrogen and oxygen atoms in total. The third kappa shape index (κ3) is 7.83. The Balaban J connectivity index is 0.00000364. The monoisotopic (exact) mass is 463 g/mol. The molecule has 1 aliphatic heterocycles. The number of nitrogens with zero attached hydrogens (tertiary/aromatic N) is 1. The SMILES string of the molecule is C.C[SiH2]O[Si](OCC1CCCN(c2ccc(PC)cc2)C1)(O[SiH2]C)O[SiH2]C. The van der Waals surface area contributed by atoms with Gasteiger partial charge in [0.1, 0.15) is 0 Å². The van der Waals surface area contributed by atoms with Crippen molar-refractivity contribution in [2.45, 2.75) is 39.9 Å². The van der Waals surface area contributed by atoms with Crippen LogP contribution in [0.2, 0.25) is 19.6 Å². The standard InChI is InChI=1S/C16H34NO4PSi4.CH4/c1-22-16-9-7-15(8-10-16)17-11-5-6-14(12-17)13-18-26(19-23-2,20-24-3)21-25-4;/h7-10,14,22H,5-6,11-13,23-25H2,1-4H3;1H4. The summed E-state index contributed by atoms with van der Waals surface area (Å²) in [5, 5.41) is 1.42. The molecule has 0 spiro atoms. The van der Waals surface area contributed by atoms with Gasteiger partial charge in [0.2, 0.25) is 0 Å². The van der Waals surface area contributed by atoms with Gasteiger partial charge in [-0.1, -0.05) is 47.8 Å². The van der Waals surface area contributed by atoms with Gasteiger partial charge in [-0.2, -0.15) is 0 Å². The third-order valence-corrected chi connectivity index (χ3v) is 13.6. The summed E-state index contributed by atoms with van der Waals surface area (Å²) in [5.41, 5.74) is 1.33. The Bertz CT molecular complexity index is 509. The molecule has 10 heteroatoms. The minimum absolute atomic E-state index is 0. The lowest BCUT2D eigenvalue weighted by Gasteiger charge is -2.36. The highest BCUT2D eigenvalue weighted by atomic mass is 31.1. The number of benzene rings is 1. The molecule has 1 saturated heterocycles. The fourth-order valence-electron chi connectivity index (χ4n) is 3.27. The Morgan fingerprint density at radius 3 is 2.19 bits per heavy atom. The second-order valence-corrected chi connectivity index (χ2v) is 13.9. The van der Waals surface area contributed by atoms with Crippen LogP contribution in [-0.4, -0.2) is 64.7 Å². The van der Waals surface area contributed by atoms with E-state index in [-0.39, 0.29) is 7.43 Å². The molecule has 0 amide bonds. The quantitative estimate of drug-likeness (QED) is 0.366. The Kier molecular flexibility index (Phi) is 12.5. The molecule has 0 aliphatic carbocycles. The summed E-state index contributed by atoms with van der Waals surface area (Å²) in [6, 6.07) is 9.03. The van der Waals surface area contributed by atoms with Gasteiger partial charge in [-0.05, 0) is 42.9 Å². The summed E-state index contributed by atoms with van der Waals surface area (Å²) in [6.45, 7) is 11.4. The Morgan fingerprint density at radius 2 is 1.67 bits per heavy atom. The largest absolute Gasteiger partial charge is 0.646 e. The van der Waals surface area contributed by atoms with Gasteiger partial charge >= 0.3 is 9.05 Å². The molecule has 1 aliphatic rings. The molecule has 2 unspecified atom stereocenters. The number of anilines is 1. The topological polar surface area (TPSA) is 40.2 Å². The Hall–Kier alpha value is 0.158. The van der Waals surface area contributed by atoms with E-state index >= 15 is 0 Å². The number of hydrogen-bond donors (Lipinski definition) is 0. The molecule has 0 radical (unpaired) electrons. The van der Waals surface area contributed by atoms with Crippen LogP contribution in [0.15, 0.2) is 24.3 Å². The minimum atomic E-state index is -2.83. The van der Waals surface area contributed by atoms with Crippen molar-refractivity contribution >= 4 is 57.9 Å². The highest BCUT2D eigenvalue weighted by Crippen LogP contribution is 2.24. The summed E-state index contributed by atoms with van der Waals surface area (Å²) < 4.78 is 24.3. The van der Waals surface area contributed by atoms with Crippen LogP contribution in [0.25, 0.3) is 0 Å². The zero-order valence-corrected chi connectivity index (χ0v) is 22.9. The maximum absolute atomic E-state index is 6.26. The van der Waals surface area contributed by atoms with Crippen molar-refractivity contribution in [2.75, 3.05) is 31.3 Å². The predicted octanol–water partition coefficient (Wildman–Crippen LogP) is 1.37. The molecule has 1 aromatic carbocycles. The highest BCUT2D eigenvalue weighted by Gasteiger charge is 2.43. The Morgan fingerprint density at radius 1 is 1.07 bits per heavy atom. The molecule has 1 aromatic rings. The number of rotatable bonds is 11. The maximum Gasteiger partial charge on any atom is 0.646 e. The summed E-state index contributed by atoms with van der Waals surface area (Å²) in [5.74, 6) is 0.509. The van der Waals surface area contributed by atoms with Crippen LogP contribution in [0, 0.1) is 5.92 Å². The van der Waals surface area contributed by atoms with Crippen LogP contribution in [0.5, 0.6) is 0 Å². The van der Waals surface area contributed by atoms with Crippen LogP contribution in [0.4, 0.5) is 5.69 Å². The first kappa shape index (κ1) is 25.2. The van der Waals surface area contributed by atoms with E-state index in [1.807, 2.05) is 0 Å². The van der Waals surface area contributed by atoms with Gasteiger partial charge in [0.15, 0.2) is 29.3 Å². The van der Waals surface area contributed by atoms with Crippen LogP contribution < -0.4 is 10.2 Å². The molecule has 1 heterocycles. The zero-order valence-electron chi connectivity index (χ0n) is 16.6. The normalized spacial score (nSPS) is 21.2. The van der Waals surface area contributed by atoms with Crippen molar-refractivity contribution in [1.29, 1.82) is 0 Å². The first-order chi connectivity index (χ1) is 12.7.